The second kappa shape index (κ2) is 7.09. The summed E-state index contributed by atoms with van der Waals surface area (Å²) >= 11 is 0. The molecule has 0 fully saturated rings. The molecule has 0 bridgehead atoms. The minimum Gasteiger partial charge on any atom is -0.398 e. The highest BCUT2D eigenvalue weighted by molar-refractivity contribution is 5.99. The van der Waals surface area contributed by atoms with E-state index in [-0.39, 0.29) is 36.4 Å². The highest BCUT2D eigenvalue weighted by Gasteiger charge is 2.23. The molecule has 1 rings (SSSR count). The van der Waals surface area contributed by atoms with Crippen molar-refractivity contribution in [2.45, 2.75) is 32.7 Å². The lowest BCUT2D eigenvalue weighted by Gasteiger charge is -2.30. The van der Waals surface area contributed by atoms with Crippen LogP contribution in [0.1, 0.15) is 37.0 Å². The summed E-state index contributed by atoms with van der Waals surface area (Å²) in [6.07, 6.45) is 1.59. The largest absolute Gasteiger partial charge is 0.398 e. The number of benzene rings is 1. The zero-order chi connectivity index (χ0) is 14.4. The second-order valence-corrected chi connectivity index (χ2v) is 4.42. The van der Waals surface area contributed by atoms with Gasteiger partial charge in [-0.2, -0.15) is 0 Å². The van der Waals surface area contributed by atoms with Gasteiger partial charge in [0.15, 0.2) is 0 Å². The van der Waals surface area contributed by atoms with Crippen LogP contribution in [0.15, 0.2) is 18.2 Å². The van der Waals surface area contributed by atoms with E-state index in [0.29, 0.717) is 0 Å². The van der Waals surface area contributed by atoms with Crippen LogP contribution >= 0.6 is 0 Å². The lowest BCUT2D eigenvalue weighted by molar-refractivity contribution is 0.0623. The molecule has 1 amide bonds. The summed E-state index contributed by atoms with van der Waals surface area (Å²) in [7, 11) is 0. The molecule has 0 saturated carbocycles. The number of rotatable bonds is 6. The first kappa shape index (κ1) is 15.4. The van der Waals surface area contributed by atoms with Crippen LogP contribution in [-0.4, -0.2) is 35.1 Å². The Labute approximate surface area is 113 Å². The van der Waals surface area contributed by atoms with Crippen molar-refractivity contribution in [1.82, 2.24) is 4.90 Å². The normalized spacial score (nSPS) is 10.8. The summed E-state index contributed by atoms with van der Waals surface area (Å²) in [5.41, 5.74) is 6.09. The summed E-state index contributed by atoms with van der Waals surface area (Å²) in [6, 6.07) is 3.79. The third-order valence-electron chi connectivity index (χ3n) is 3.23. The molecule has 19 heavy (non-hydrogen) atoms. The molecule has 3 N–H and O–H groups in total. The number of aliphatic hydroxyl groups excluding tert-OH is 1. The molecular formula is C14H21FN2O2. The number of carbonyl (C=O) groups excluding carboxylic acids is 1. The Balaban J connectivity index is 3.04. The number of aliphatic hydroxyl groups is 1. The van der Waals surface area contributed by atoms with Crippen LogP contribution in [0.4, 0.5) is 10.1 Å². The number of nitrogens with zero attached hydrogens (tertiary/aromatic N) is 1. The summed E-state index contributed by atoms with van der Waals surface area (Å²) in [5, 5.41) is 9.10. The van der Waals surface area contributed by atoms with E-state index in [1.165, 1.54) is 12.1 Å². The lowest BCUT2D eigenvalue weighted by atomic mass is 10.1. The monoisotopic (exact) mass is 268 g/mol. The molecular weight excluding hydrogens is 247 g/mol. The van der Waals surface area contributed by atoms with Gasteiger partial charge in [0.05, 0.1) is 12.2 Å². The van der Waals surface area contributed by atoms with Crippen molar-refractivity contribution in [2.75, 3.05) is 18.9 Å². The fourth-order valence-electron chi connectivity index (χ4n) is 2.17. The molecule has 0 atom stereocenters. The van der Waals surface area contributed by atoms with Gasteiger partial charge in [-0.1, -0.05) is 13.8 Å². The Hall–Kier alpha value is -1.62. The van der Waals surface area contributed by atoms with Crippen molar-refractivity contribution in [3.63, 3.8) is 0 Å². The zero-order valence-corrected chi connectivity index (χ0v) is 11.4. The van der Waals surface area contributed by atoms with Crippen LogP contribution in [0.3, 0.4) is 0 Å². The van der Waals surface area contributed by atoms with E-state index in [9.17, 15) is 9.18 Å². The number of anilines is 1. The SMILES string of the molecule is CCC(CC)N(CCO)C(=O)c1ccc(F)cc1N. The number of nitrogens with two attached hydrogens (primary N) is 1. The predicted molar refractivity (Wildman–Crippen MR) is 73.3 cm³/mol. The van der Waals surface area contributed by atoms with Crippen LogP contribution in [0.2, 0.25) is 0 Å². The van der Waals surface area contributed by atoms with Gasteiger partial charge in [-0.3, -0.25) is 4.79 Å². The van der Waals surface area contributed by atoms with Crippen molar-refractivity contribution in [3.05, 3.63) is 29.6 Å². The van der Waals surface area contributed by atoms with Gasteiger partial charge in [0, 0.05) is 18.3 Å². The summed E-state index contributed by atoms with van der Waals surface area (Å²) in [5.74, 6) is -0.731. The summed E-state index contributed by atoms with van der Waals surface area (Å²) in [4.78, 5) is 14.0. The van der Waals surface area contributed by atoms with Crippen molar-refractivity contribution in [1.29, 1.82) is 0 Å². The van der Waals surface area contributed by atoms with E-state index in [2.05, 4.69) is 0 Å². The number of nitrogen functional groups attached to an aromatic ring is 1. The first-order chi connectivity index (χ1) is 9.04. The highest BCUT2D eigenvalue weighted by atomic mass is 19.1. The molecule has 0 aliphatic heterocycles. The molecule has 0 saturated heterocycles. The van der Waals surface area contributed by atoms with E-state index in [1.54, 1.807) is 4.90 Å². The highest BCUT2D eigenvalue weighted by Crippen LogP contribution is 2.19. The molecule has 0 aliphatic rings. The van der Waals surface area contributed by atoms with Crippen molar-refractivity contribution in [2.24, 2.45) is 0 Å². The molecule has 0 spiro atoms. The van der Waals surface area contributed by atoms with Crippen LogP contribution < -0.4 is 5.73 Å². The van der Waals surface area contributed by atoms with Gasteiger partial charge in [0.1, 0.15) is 5.82 Å². The average Bonchev–Trinajstić information content (AvgIpc) is 2.38. The third kappa shape index (κ3) is 3.67. The van der Waals surface area contributed by atoms with Gasteiger partial charge < -0.3 is 15.7 Å². The Morgan fingerprint density at radius 2 is 2.05 bits per heavy atom. The van der Waals surface area contributed by atoms with Gasteiger partial charge in [-0.25, -0.2) is 4.39 Å². The van der Waals surface area contributed by atoms with Gasteiger partial charge in [-0.05, 0) is 31.0 Å². The number of amides is 1. The summed E-state index contributed by atoms with van der Waals surface area (Å²) < 4.78 is 13.0. The van der Waals surface area contributed by atoms with E-state index >= 15 is 0 Å². The zero-order valence-electron chi connectivity index (χ0n) is 11.4. The van der Waals surface area contributed by atoms with Gasteiger partial charge in [-0.15, -0.1) is 0 Å². The maximum Gasteiger partial charge on any atom is 0.256 e. The van der Waals surface area contributed by atoms with Gasteiger partial charge >= 0.3 is 0 Å². The molecule has 0 radical (unpaired) electrons. The molecule has 1 aromatic carbocycles. The maximum absolute atomic E-state index is 13.0. The number of carbonyl (C=O) groups is 1. The van der Waals surface area contributed by atoms with Crippen molar-refractivity contribution >= 4 is 11.6 Å². The lowest BCUT2D eigenvalue weighted by Crippen LogP contribution is -2.41. The standard InChI is InChI=1S/C14H21FN2O2/c1-3-11(4-2)17(7-8-18)14(19)12-6-5-10(15)9-13(12)16/h5-6,9,11,18H,3-4,7-8,16H2,1-2H3. The minimum atomic E-state index is -0.467. The Morgan fingerprint density at radius 3 is 2.53 bits per heavy atom. The fourth-order valence-corrected chi connectivity index (χ4v) is 2.17. The molecule has 1 aromatic rings. The van der Waals surface area contributed by atoms with E-state index in [4.69, 9.17) is 10.8 Å². The minimum absolute atomic E-state index is 0.0455. The van der Waals surface area contributed by atoms with Gasteiger partial charge in [0.25, 0.3) is 5.91 Å². The first-order valence-corrected chi connectivity index (χ1v) is 6.51. The quantitative estimate of drug-likeness (QED) is 0.776. The molecule has 4 nitrogen and oxygen atoms in total. The van der Waals surface area contributed by atoms with Crippen LogP contribution in [0.25, 0.3) is 0 Å². The molecule has 106 valence electrons. The smallest absolute Gasteiger partial charge is 0.256 e. The predicted octanol–water partition coefficient (Wildman–Crippen LogP) is 2.03. The summed E-state index contributed by atoms with van der Waals surface area (Å²) in [6.45, 7) is 4.12. The topological polar surface area (TPSA) is 66.6 Å². The van der Waals surface area contributed by atoms with Crippen molar-refractivity contribution < 1.29 is 14.3 Å². The second-order valence-electron chi connectivity index (χ2n) is 4.42. The van der Waals surface area contributed by atoms with Crippen LogP contribution in [0.5, 0.6) is 0 Å². The third-order valence-corrected chi connectivity index (χ3v) is 3.23. The van der Waals surface area contributed by atoms with E-state index < -0.39 is 5.82 Å². The van der Waals surface area contributed by atoms with E-state index in [1.807, 2.05) is 13.8 Å². The number of halogens is 1. The number of hydrogen-bond acceptors (Lipinski definition) is 3. The number of hydrogen-bond donors (Lipinski definition) is 2. The molecule has 0 unspecified atom stereocenters. The van der Waals surface area contributed by atoms with E-state index in [0.717, 1.165) is 18.9 Å². The van der Waals surface area contributed by atoms with Crippen LogP contribution in [-0.2, 0) is 0 Å². The van der Waals surface area contributed by atoms with Crippen molar-refractivity contribution in [3.8, 4) is 0 Å². The Kier molecular flexibility index (Phi) is 5.76. The molecule has 5 heteroatoms. The van der Waals surface area contributed by atoms with Crippen LogP contribution in [0, 0.1) is 5.82 Å². The average molecular weight is 268 g/mol. The molecule has 0 aromatic heterocycles. The first-order valence-electron chi connectivity index (χ1n) is 6.51. The Morgan fingerprint density at radius 1 is 1.42 bits per heavy atom. The van der Waals surface area contributed by atoms with Gasteiger partial charge in [0.2, 0.25) is 0 Å². The fraction of sp³-hybridized carbons (Fsp3) is 0.500. The molecule has 0 heterocycles. The Bertz CT molecular complexity index is 433. The molecule has 0 aliphatic carbocycles. The maximum atomic E-state index is 13.0.